The average molecular weight is 275 g/mol. The molecule has 1 rings (SSSR count). The third kappa shape index (κ3) is 3.70. The number of nitro groups is 1. The molecule has 0 saturated heterocycles. The highest BCUT2D eigenvalue weighted by Gasteiger charge is 2.18. The number of nitrogens with zero attached hydrogens (tertiary/aromatic N) is 3. The minimum absolute atomic E-state index is 0.0371. The van der Waals surface area contributed by atoms with Crippen molar-refractivity contribution in [2.75, 3.05) is 11.4 Å². The molecular weight excluding hydrogens is 254 g/mol. The van der Waals surface area contributed by atoms with Crippen LogP contribution in [0, 0.1) is 21.4 Å². The smallest absolute Gasteiger partial charge is 0.270 e. The molecule has 0 radical (unpaired) electrons. The summed E-state index contributed by atoms with van der Waals surface area (Å²) in [7, 11) is 0. The van der Waals surface area contributed by atoms with Gasteiger partial charge in [-0.15, -0.1) is 0 Å². The van der Waals surface area contributed by atoms with Crippen LogP contribution >= 0.6 is 0 Å². The molecule has 5 nitrogen and oxygen atoms in total. The van der Waals surface area contributed by atoms with Gasteiger partial charge in [0.15, 0.2) is 0 Å². The van der Waals surface area contributed by atoms with E-state index >= 15 is 0 Å². The summed E-state index contributed by atoms with van der Waals surface area (Å²) in [6, 6.07) is 6.90. The quantitative estimate of drug-likeness (QED) is 0.559. The van der Waals surface area contributed by atoms with E-state index in [2.05, 4.69) is 31.7 Å². The van der Waals surface area contributed by atoms with Crippen molar-refractivity contribution in [2.24, 2.45) is 0 Å². The predicted molar refractivity (Wildman–Crippen MR) is 79.8 cm³/mol. The van der Waals surface area contributed by atoms with Gasteiger partial charge >= 0.3 is 0 Å². The van der Waals surface area contributed by atoms with Crippen LogP contribution in [0.4, 0.5) is 11.4 Å². The Balaban J connectivity index is 3.18. The fraction of sp³-hybridized carbons (Fsp3) is 0.533. The molecule has 0 heterocycles. The van der Waals surface area contributed by atoms with Crippen molar-refractivity contribution in [1.82, 2.24) is 0 Å². The van der Waals surface area contributed by atoms with E-state index in [1.807, 2.05) is 0 Å². The molecule has 0 bridgehead atoms. The molecule has 108 valence electrons. The summed E-state index contributed by atoms with van der Waals surface area (Å²) in [6.07, 6.45) is 3.07. The van der Waals surface area contributed by atoms with E-state index in [0.717, 1.165) is 31.5 Å². The summed E-state index contributed by atoms with van der Waals surface area (Å²) < 4.78 is 0. The fourth-order valence-corrected chi connectivity index (χ4v) is 2.10. The van der Waals surface area contributed by atoms with Crippen LogP contribution in [0.15, 0.2) is 18.2 Å². The van der Waals surface area contributed by atoms with Gasteiger partial charge in [0.1, 0.15) is 6.07 Å². The van der Waals surface area contributed by atoms with Gasteiger partial charge in [0, 0.05) is 24.7 Å². The normalized spacial score (nSPS) is 11.7. The summed E-state index contributed by atoms with van der Waals surface area (Å²) in [5, 5.41) is 20.0. The zero-order valence-corrected chi connectivity index (χ0v) is 12.3. The molecule has 0 aliphatic rings. The maximum Gasteiger partial charge on any atom is 0.270 e. The molecule has 1 aromatic rings. The summed E-state index contributed by atoms with van der Waals surface area (Å²) in [5.41, 5.74) is 1.13. The van der Waals surface area contributed by atoms with E-state index in [1.54, 1.807) is 6.07 Å². The zero-order chi connectivity index (χ0) is 15.1. The Kier molecular flexibility index (Phi) is 5.98. The Labute approximate surface area is 120 Å². The number of hydrogen-bond acceptors (Lipinski definition) is 4. The third-order valence-electron chi connectivity index (χ3n) is 3.50. The second kappa shape index (κ2) is 7.49. The van der Waals surface area contributed by atoms with Gasteiger partial charge in [0.2, 0.25) is 0 Å². The highest BCUT2D eigenvalue weighted by atomic mass is 16.6. The Morgan fingerprint density at radius 3 is 2.65 bits per heavy atom. The molecule has 1 atom stereocenters. The van der Waals surface area contributed by atoms with Gasteiger partial charge in [-0.1, -0.05) is 20.3 Å². The lowest BCUT2D eigenvalue weighted by molar-refractivity contribution is -0.384. The fourth-order valence-electron chi connectivity index (χ4n) is 2.10. The zero-order valence-electron chi connectivity index (χ0n) is 12.3. The van der Waals surface area contributed by atoms with Crippen molar-refractivity contribution in [1.29, 1.82) is 5.26 Å². The van der Waals surface area contributed by atoms with E-state index in [4.69, 9.17) is 0 Å². The maximum atomic E-state index is 10.8. The van der Waals surface area contributed by atoms with Crippen molar-refractivity contribution < 1.29 is 4.92 Å². The monoisotopic (exact) mass is 275 g/mol. The molecule has 0 spiro atoms. The van der Waals surface area contributed by atoms with Gasteiger partial charge < -0.3 is 4.90 Å². The molecule has 0 N–H and O–H groups in total. The second-order valence-corrected chi connectivity index (χ2v) is 4.87. The van der Waals surface area contributed by atoms with Gasteiger partial charge in [-0.05, 0) is 25.8 Å². The number of benzene rings is 1. The summed E-state index contributed by atoms with van der Waals surface area (Å²) in [4.78, 5) is 12.5. The molecule has 0 aliphatic heterocycles. The van der Waals surface area contributed by atoms with E-state index < -0.39 is 4.92 Å². The minimum atomic E-state index is -0.468. The van der Waals surface area contributed by atoms with Crippen LogP contribution in [0.25, 0.3) is 0 Å². The first kappa shape index (κ1) is 16.0. The molecule has 0 aromatic heterocycles. The second-order valence-electron chi connectivity index (χ2n) is 4.87. The van der Waals surface area contributed by atoms with Crippen LogP contribution in [0.1, 0.15) is 45.6 Å². The summed E-state index contributed by atoms with van der Waals surface area (Å²) >= 11 is 0. The molecule has 0 aliphatic carbocycles. The first-order valence-corrected chi connectivity index (χ1v) is 7.00. The van der Waals surface area contributed by atoms with Crippen molar-refractivity contribution in [3.63, 3.8) is 0 Å². The van der Waals surface area contributed by atoms with Crippen molar-refractivity contribution in [3.8, 4) is 6.07 Å². The molecule has 1 aromatic carbocycles. The van der Waals surface area contributed by atoms with Crippen LogP contribution < -0.4 is 4.90 Å². The molecule has 20 heavy (non-hydrogen) atoms. The van der Waals surface area contributed by atoms with Crippen LogP contribution in [0.3, 0.4) is 0 Å². The molecule has 5 heteroatoms. The lowest BCUT2D eigenvalue weighted by Gasteiger charge is -2.31. The molecule has 1 unspecified atom stereocenters. The average Bonchev–Trinajstić information content (AvgIpc) is 2.47. The predicted octanol–water partition coefficient (Wildman–Crippen LogP) is 3.87. The maximum absolute atomic E-state index is 10.8. The Morgan fingerprint density at radius 2 is 2.15 bits per heavy atom. The van der Waals surface area contributed by atoms with Crippen molar-refractivity contribution in [2.45, 2.75) is 46.1 Å². The molecule has 0 saturated carbocycles. The Hall–Kier alpha value is -2.09. The lowest BCUT2D eigenvalue weighted by atomic mass is 10.1. The topological polar surface area (TPSA) is 70.2 Å². The van der Waals surface area contributed by atoms with Gasteiger partial charge in [-0.3, -0.25) is 10.1 Å². The van der Waals surface area contributed by atoms with E-state index in [1.165, 1.54) is 12.1 Å². The summed E-state index contributed by atoms with van der Waals surface area (Å²) in [5.74, 6) is 0. The lowest BCUT2D eigenvalue weighted by Crippen LogP contribution is -2.34. The Bertz CT molecular complexity index is 508. The summed E-state index contributed by atoms with van der Waals surface area (Å²) in [6.45, 7) is 7.19. The molecular formula is C15H21N3O2. The van der Waals surface area contributed by atoms with Crippen LogP contribution in [0.2, 0.25) is 0 Å². The number of unbranched alkanes of at least 4 members (excludes halogenated alkanes) is 1. The van der Waals surface area contributed by atoms with Crippen LogP contribution in [-0.2, 0) is 0 Å². The first-order chi connectivity index (χ1) is 9.54. The van der Waals surface area contributed by atoms with Crippen LogP contribution in [-0.4, -0.2) is 17.5 Å². The van der Waals surface area contributed by atoms with E-state index in [0.29, 0.717) is 11.6 Å². The number of anilines is 1. The minimum Gasteiger partial charge on any atom is -0.368 e. The van der Waals surface area contributed by atoms with Gasteiger partial charge in [-0.2, -0.15) is 5.26 Å². The molecule has 0 fully saturated rings. The number of nitro benzene ring substituents is 1. The van der Waals surface area contributed by atoms with Gasteiger partial charge in [-0.25, -0.2) is 0 Å². The number of non-ortho nitro benzene ring substituents is 1. The first-order valence-electron chi connectivity index (χ1n) is 7.00. The standard InChI is InChI=1S/C15H21N3O2/c1-4-6-9-17(12(3)5-2)15-8-7-14(18(19)20)10-13(15)11-16/h7-8,10,12H,4-6,9H2,1-3H3. The highest BCUT2D eigenvalue weighted by Crippen LogP contribution is 2.27. The molecule has 0 amide bonds. The van der Waals surface area contributed by atoms with Crippen LogP contribution in [0.5, 0.6) is 0 Å². The van der Waals surface area contributed by atoms with E-state index in [-0.39, 0.29) is 5.69 Å². The highest BCUT2D eigenvalue weighted by molar-refractivity contribution is 5.63. The van der Waals surface area contributed by atoms with Gasteiger partial charge in [0.05, 0.1) is 16.2 Å². The third-order valence-corrected chi connectivity index (χ3v) is 3.50. The number of nitriles is 1. The number of rotatable bonds is 7. The Morgan fingerprint density at radius 1 is 1.45 bits per heavy atom. The van der Waals surface area contributed by atoms with Gasteiger partial charge in [0.25, 0.3) is 5.69 Å². The number of hydrogen-bond donors (Lipinski definition) is 0. The van der Waals surface area contributed by atoms with Crippen molar-refractivity contribution >= 4 is 11.4 Å². The van der Waals surface area contributed by atoms with E-state index in [9.17, 15) is 15.4 Å². The largest absolute Gasteiger partial charge is 0.368 e. The van der Waals surface area contributed by atoms with Crippen molar-refractivity contribution in [3.05, 3.63) is 33.9 Å². The SMILES string of the molecule is CCCCN(c1ccc([N+](=O)[O-])cc1C#N)C(C)CC.